The molecule has 2 N–H and O–H groups in total. The first-order valence-corrected chi connectivity index (χ1v) is 4.68. The van der Waals surface area contributed by atoms with Gasteiger partial charge in [0.1, 0.15) is 0 Å². The van der Waals surface area contributed by atoms with Crippen LogP contribution in [-0.4, -0.2) is 12.6 Å². The zero-order chi connectivity index (χ0) is 10.6. The van der Waals surface area contributed by atoms with E-state index in [1.807, 2.05) is 19.9 Å². The Kier molecular flexibility index (Phi) is 3.51. The summed E-state index contributed by atoms with van der Waals surface area (Å²) in [5, 5.41) is 0. The topological polar surface area (TPSA) is 52.3 Å². The number of benzene rings is 1. The number of nitrogen functional groups attached to an aromatic ring is 1. The van der Waals surface area contributed by atoms with Gasteiger partial charge in [-0.1, -0.05) is 18.6 Å². The molecule has 0 unspecified atom stereocenters. The van der Waals surface area contributed by atoms with Gasteiger partial charge in [0.25, 0.3) is 0 Å². The first kappa shape index (κ1) is 10.6. The summed E-state index contributed by atoms with van der Waals surface area (Å²) in [5.74, 6) is -0.340. The Morgan fingerprint density at radius 2 is 2.21 bits per heavy atom. The molecule has 76 valence electrons. The van der Waals surface area contributed by atoms with Crippen molar-refractivity contribution in [3.05, 3.63) is 29.3 Å². The molecular weight excluding hydrogens is 178 g/mol. The molecule has 0 amide bonds. The van der Waals surface area contributed by atoms with Crippen molar-refractivity contribution in [3.63, 3.8) is 0 Å². The first-order valence-electron chi connectivity index (χ1n) is 4.68. The van der Waals surface area contributed by atoms with E-state index in [-0.39, 0.29) is 5.97 Å². The average molecular weight is 193 g/mol. The van der Waals surface area contributed by atoms with Gasteiger partial charge in [-0.2, -0.15) is 0 Å². The maximum absolute atomic E-state index is 11.5. The summed E-state index contributed by atoms with van der Waals surface area (Å²) in [5.41, 5.74) is 7.59. The number of carbonyl (C=O) groups excluding carboxylic acids is 1. The van der Waals surface area contributed by atoms with Crippen LogP contribution in [0, 0.1) is 6.92 Å². The van der Waals surface area contributed by atoms with Gasteiger partial charge in [0.05, 0.1) is 12.2 Å². The van der Waals surface area contributed by atoms with Gasteiger partial charge in [-0.25, -0.2) is 4.79 Å². The molecule has 0 bridgehead atoms. The van der Waals surface area contributed by atoms with Crippen molar-refractivity contribution in [3.8, 4) is 0 Å². The van der Waals surface area contributed by atoms with Gasteiger partial charge < -0.3 is 10.5 Å². The number of rotatable bonds is 3. The lowest BCUT2D eigenvalue weighted by atomic mass is 10.1. The van der Waals surface area contributed by atoms with E-state index in [4.69, 9.17) is 10.5 Å². The molecule has 3 heteroatoms. The molecule has 0 heterocycles. The highest BCUT2D eigenvalue weighted by Gasteiger charge is 2.10. The standard InChI is InChI=1S/C11H15NO2/c1-3-6-14-11(13)9-7-8(2)4-5-10(9)12/h4-5,7H,3,6,12H2,1-2H3. The van der Waals surface area contributed by atoms with Gasteiger partial charge in [-0.3, -0.25) is 0 Å². The van der Waals surface area contributed by atoms with Gasteiger partial charge in [-0.15, -0.1) is 0 Å². The number of esters is 1. The lowest BCUT2D eigenvalue weighted by Gasteiger charge is -2.06. The van der Waals surface area contributed by atoms with E-state index in [0.717, 1.165) is 12.0 Å². The van der Waals surface area contributed by atoms with E-state index in [9.17, 15) is 4.79 Å². The Morgan fingerprint density at radius 1 is 1.50 bits per heavy atom. The normalized spacial score (nSPS) is 9.86. The average Bonchev–Trinajstić information content (AvgIpc) is 2.18. The van der Waals surface area contributed by atoms with Crippen LogP contribution in [0.15, 0.2) is 18.2 Å². The summed E-state index contributed by atoms with van der Waals surface area (Å²) in [6, 6.07) is 5.33. The third-order valence-electron chi connectivity index (χ3n) is 1.87. The smallest absolute Gasteiger partial charge is 0.340 e. The van der Waals surface area contributed by atoms with E-state index in [1.165, 1.54) is 0 Å². The third kappa shape index (κ3) is 2.49. The van der Waals surface area contributed by atoms with Gasteiger partial charge in [0, 0.05) is 5.69 Å². The SMILES string of the molecule is CCCOC(=O)c1cc(C)ccc1N. The van der Waals surface area contributed by atoms with Gasteiger partial charge in [0.2, 0.25) is 0 Å². The highest BCUT2D eigenvalue weighted by Crippen LogP contribution is 2.14. The molecule has 0 saturated heterocycles. The minimum absolute atomic E-state index is 0.340. The maximum atomic E-state index is 11.5. The maximum Gasteiger partial charge on any atom is 0.340 e. The minimum Gasteiger partial charge on any atom is -0.462 e. The lowest BCUT2D eigenvalue weighted by Crippen LogP contribution is -2.09. The predicted molar refractivity (Wildman–Crippen MR) is 56.2 cm³/mol. The van der Waals surface area contributed by atoms with Crippen molar-refractivity contribution >= 4 is 11.7 Å². The summed E-state index contributed by atoms with van der Waals surface area (Å²) in [6.07, 6.45) is 0.817. The summed E-state index contributed by atoms with van der Waals surface area (Å²) in [6.45, 7) is 4.30. The van der Waals surface area contributed by atoms with Crippen LogP contribution in [0.25, 0.3) is 0 Å². The molecule has 0 radical (unpaired) electrons. The molecule has 1 rings (SSSR count). The summed E-state index contributed by atoms with van der Waals surface area (Å²) < 4.78 is 4.99. The molecule has 0 aromatic heterocycles. The Morgan fingerprint density at radius 3 is 2.86 bits per heavy atom. The minimum atomic E-state index is -0.340. The second kappa shape index (κ2) is 4.65. The molecule has 0 aliphatic carbocycles. The highest BCUT2D eigenvalue weighted by atomic mass is 16.5. The van der Waals surface area contributed by atoms with E-state index in [2.05, 4.69) is 0 Å². The molecule has 0 spiro atoms. The van der Waals surface area contributed by atoms with Crippen LogP contribution in [0.2, 0.25) is 0 Å². The fraction of sp³-hybridized carbons (Fsp3) is 0.364. The van der Waals surface area contributed by atoms with Crippen LogP contribution < -0.4 is 5.73 Å². The first-order chi connectivity index (χ1) is 6.65. The summed E-state index contributed by atoms with van der Waals surface area (Å²) in [7, 11) is 0. The number of aryl methyl sites for hydroxylation is 1. The van der Waals surface area contributed by atoms with Crippen LogP contribution >= 0.6 is 0 Å². The van der Waals surface area contributed by atoms with E-state index < -0.39 is 0 Å². The van der Waals surface area contributed by atoms with E-state index in [0.29, 0.717) is 17.9 Å². The molecule has 0 aliphatic heterocycles. The number of anilines is 1. The van der Waals surface area contributed by atoms with Crippen LogP contribution in [-0.2, 0) is 4.74 Å². The molecule has 0 aliphatic rings. The Bertz CT molecular complexity index is 334. The van der Waals surface area contributed by atoms with Crippen molar-refractivity contribution in [2.75, 3.05) is 12.3 Å². The van der Waals surface area contributed by atoms with E-state index in [1.54, 1.807) is 12.1 Å². The zero-order valence-electron chi connectivity index (χ0n) is 8.54. The second-order valence-electron chi connectivity index (χ2n) is 3.23. The molecule has 1 aromatic carbocycles. The van der Waals surface area contributed by atoms with Crippen molar-refractivity contribution in [2.24, 2.45) is 0 Å². The number of nitrogens with two attached hydrogens (primary N) is 1. The Labute approximate surface area is 83.9 Å². The monoisotopic (exact) mass is 193 g/mol. The Balaban J connectivity index is 2.83. The number of carbonyl (C=O) groups is 1. The molecular formula is C11H15NO2. The summed E-state index contributed by atoms with van der Waals surface area (Å²) >= 11 is 0. The largest absolute Gasteiger partial charge is 0.462 e. The van der Waals surface area contributed by atoms with Crippen molar-refractivity contribution in [1.29, 1.82) is 0 Å². The zero-order valence-corrected chi connectivity index (χ0v) is 8.54. The summed E-state index contributed by atoms with van der Waals surface area (Å²) in [4.78, 5) is 11.5. The van der Waals surface area contributed by atoms with Gasteiger partial charge >= 0.3 is 5.97 Å². The lowest BCUT2D eigenvalue weighted by molar-refractivity contribution is 0.0506. The number of ether oxygens (including phenoxy) is 1. The molecule has 1 aromatic rings. The van der Waals surface area contributed by atoms with Crippen LogP contribution in [0.3, 0.4) is 0 Å². The van der Waals surface area contributed by atoms with Crippen LogP contribution in [0.4, 0.5) is 5.69 Å². The van der Waals surface area contributed by atoms with Crippen molar-refractivity contribution in [1.82, 2.24) is 0 Å². The van der Waals surface area contributed by atoms with Crippen LogP contribution in [0.1, 0.15) is 29.3 Å². The highest BCUT2D eigenvalue weighted by molar-refractivity contribution is 5.95. The fourth-order valence-corrected chi connectivity index (χ4v) is 1.12. The van der Waals surface area contributed by atoms with Crippen molar-refractivity contribution in [2.45, 2.75) is 20.3 Å². The van der Waals surface area contributed by atoms with Gasteiger partial charge in [-0.05, 0) is 25.5 Å². The molecule has 14 heavy (non-hydrogen) atoms. The Hall–Kier alpha value is -1.51. The van der Waals surface area contributed by atoms with Gasteiger partial charge in [0.15, 0.2) is 0 Å². The third-order valence-corrected chi connectivity index (χ3v) is 1.87. The van der Waals surface area contributed by atoms with E-state index >= 15 is 0 Å². The predicted octanol–water partition coefficient (Wildman–Crippen LogP) is 2.14. The molecule has 0 atom stereocenters. The second-order valence-corrected chi connectivity index (χ2v) is 3.23. The molecule has 0 saturated carbocycles. The number of hydrogen-bond donors (Lipinski definition) is 1. The van der Waals surface area contributed by atoms with Crippen LogP contribution in [0.5, 0.6) is 0 Å². The quantitative estimate of drug-likeness (QED) is 0.591. The molecule has 3 nitrogen and oxygen atoms in total. The number of hydrogen-bond acceptors (Lipinski definition) is 3. The molecule has 0 fully saturated rings. The fourth-order valence-electron chi connectivity index (χ4n) is 1.12. The van der Waals surface area contributed by atoms with Crippen molar-refractivity contribution < 1.29 is 9.53 Å².